The first-order valence-corrected chi connectivity index (χ1v) is 12.7. The van der Waals surface area contributed by atoms with Crippen molar-refractivity contribution >= 4 is 5.78 Å². The Labute approximate surface area is 191 Å². The van der Waals surface area contributed by atoms with Crippen LogP contribution in [0.25, 0.3) is 0 Å². The smallest absolute Gasteiger partial charge is 0.158 e. The summed E-state index contributed by atoms with van der Waals surface area (Å²) in [5.41, 5.74) is -0.245. The molecule has 0 radical (unpaired) electrons. The Hall–Kier alpha value is -1.34. The number of methoxy groups -OCH3 is 1. The van der Waals surface area contributed by atoms with Gasteiger partial charge in [0.2, 0.25) is 0 Å². The minimum Gasteiger partial charge on any atom is -0.390 e. The summed E-state index contributed by atoms with van der Waals surface area (Å²) in [6.45, 7) is 7.39. The van der Waals surface area contributed by atoms with E-state index in [2.05, 4.69) is 22.4 Å². The van der Waals surface area contributed by atoms with Gasteiger partial charge in [0.15, 0.2) is 5.78 Å². The van der Waals surface area contributed by atoms with E-state index < -0.39 is 5.60 Å². The second kappa shape index (κ2) is 7.86. The molecule has 1 unspecified atom stereocenters. The fourth-order valence-electron chi connectivity index (χ4n) is 8.97. The van der Waals surface area contributed by atoms with Crippen LogP contribution in [0.2, 0.25) is 0 Å². The van der Waals surface area contributed by atoms with Crippen molar-refractivity contribution < 1.29 is 14.6 Å². The molecule has 0 aliphatic heterocycles. The molecule has 8 atom stereocenters. The van der Waals surface area contributed by atoms with Crippen molar-refractivity contribution in [3.05, 3.63) is 5.82 Å². The Morgan fingerprint density at radius 2 is 1.94 bits per heavy atom. The zero-order valence-corrected chi connectivity index (χ0v) is 20.2. The van der Waals surface area contributed by atoms with Crippen molar-refractivity contribution in [1.29, 1.82) is 0 Å². The molecule has 5 rings (SSSR count). The minimum atomic E-state index is -0.531. The number of aryl methyl sites for hydroxylation is 1. The molecule has 1 heterocycles. The molecule has 0 saturated heterocycles. The molecule has 7 heteroatoms. The highest BCUT2D eigenvalue weighted by atomic mass is 16.5. The number of fused-ring (bicyclic) bond motifs is 5. The van der Waals surface area contributed by atoms with Gasteiger partial charge in [-0.25, -0.2) is 4.68 Å². The molecule has 0 spiro atoms. The molecule has 7 nitrogen and oxygen atoms in total. The van der Waals surface area contributed by atoms with Crippen LogP contribution in [0.3, 0.4) is 0 Å². The number of hydrogen-bond acceptors (Lipinski definition) is 6. The van der Waals surface area contributed by atoms with Crippen LogP contribution < -0.4 is 0 Å². The van der Waals surface area contributed by atoms with Gasteiger partial charge in [-0.05, 0) is 117 Å². The minimum absolute atomic E-state index is 0.0847. The summed E-state index contributed by atoms with van der Waals surface area (Å²) in [6, 6.07) is 0. The van der Waals surface area contributed by atoms with Crippen molar-refractivity contribution in [3.63, 3.8) is 0 Å². The summed E-state index contributed by atoms with van der Waals surface area (Å²) >= 11 is 0. The number of Topliss-reactive ketones (excluding diaryl/α,β-unsaturated/α-hetero) is 1. The van der Waals surface area contributed by atoms with E-state index in [0.717, 1.165) is 45.1 Å². The maximum absolute atomic E-state index is 13.4. The summed E-state index contributed by atoms with van der Waals surface area (Å²) in [7, 11) is 1.85. The van der Waals surface area contributed by atoms with Crippen molar-refractivity contribution in [3.8, 4) is 0 Å². The summed E-state index contributed by atoms with van der Waals surface area (Å²) in [5.74, 6) is 3.62. The summed E-state index contributed by atoms with van der Waals surface area (Å²) in [4.78, 5) is 13.4. The highest BCUT2D eigenvalue weighted by Crippen LogP contribution is 2.68. The molecule has 4 aliphatic rings. The van der Waals surface area contributed by atoms with Crippen LogP contribution in [0.4, 0.5) is 0 Å². The maximum atomic E-state index is 13.4. The third-order valence-corrected chi connectivity index (χ3v) is 10.5. The molecule has 4 saturated carbocycles. The Balaban J connectivity index is 1.38. The SMILES string of the molecule is COC[C@]12CC[C@@](C)(O)C[C@@H]1CC[C@@H]1[C@@H]2CC[C@]2(C)C(C(=O)Cn3nnnc3C)CC[C@@H]12. The molecule has 178 valence electrons. The maximum Gasteiger partial charge on any atom is 0.158 e. The summed E-state index contributed by atoms with van der Waals surface area (Å²) < 4.78 is 7.52. The Bertz CT molecular complexity index is 869. The third-order valence-electron chi connectivity index (χ3n) is 10.5. The number of tetrazole rings is 1. The number of rotatable bonds is 5. The van der Waals surface area contributed by atoms with Crippen LogP contribution in [-0.4, -0.2) is 50.4 Å². The molecular weight excluding hydrogens is 404 g/mol. The molecule has 32 heavy (non-hydrogen) atoms. The van der Waals surface area contributed by atoms with Crippen LogP contribution in [0, 0.1) is 47.3 Å². The lowest BCUT2D eigenvalue weighted by atomic mass is 9.43. The van der Waals surface area contributed by atoms with Crippen LogP contribution in [0.15, 0.2) is 0 Å². The number of aliphatic hydroxyl groups is 1. The lowest BCUT2D eigenvalue weighted by Crippen LogP contribution is -2.58. The molecular formula is C25H40N4O3. The molecule has 1 aromatic heterocycles. The molecule has 1 aromatic rings. The fraction of sp³-hybridized carbons (Fsp3) is 0.920. The third kappa shape index (κ3) is 3.37. The normalized spacial score (nSPS) is 45.7. The summed E-state index contributed by atoms with van der Waals surface area (Å²) in [6.07, 6.45) is 9.77. The van der Waals surface area contributed by atoms with Gasteiger partial charge in [0.1, 0.15) is 12.4 Å². The highest BCUT2D eigenvalue weighted by molar-refractivity contribution is 5.82. The van der Waals surface area contributed by atoms with Gasteiger partial charge in [-0.15, -0.1) is 5.10 Å². The zero-order chi connectivity index (χ0) is 22.7. The van der Waals surface area contributed by atoms with Gasteiger partial charge in [-0.1, -0.05) is 6.92 Å². The lowest BCUT2D eigenvalue weighted by molar-refractivity contribution is -0.175. The van der Waals surface area contributed by atoms with E-state index in [4.69, 9.17) is 4.74 Å². The zero-order valence-electron chi connectivity index (χ0n) is 20.2. The first kappa shape index (κ1) is 22.5. The number of ether oxygens (including phenoxy) is 1. The number of hydrogen-bond donors (Lipinski definition) is 1. The van der Waals surface area contributed by atoms with Crippen LogP contribution in [-0.2, 0) is 16.1 Å². The molecule has 4 aliphatic carbocycles. The number of ketones is 1. The molecule has 0 aromatic carbocycles. The van der Waals surface area contributed by atoms with Gasteiger partial charge in [-0.2, -0.15) is 0 Å². The number of carbonyl (C=O) groups excluding carboxylic acids is 1. The van der Waals surface area contributed by atoms with E-state index in [-0.39, 0.29) is 16.7 Å². The second-order valence-corrected chi connectivity index (χ2v) is 12.0. The van der Waals surface area contributed by atoms with Gasteiger partial charge < -0.3 is 9.84 Å². The monoisotopic (exact) mass is 444 g/mol. The predicted molar refractivity (Wildman–Crippen MR) is 120 cm³/mol. The lowest BCUT2D eigenvalue weighted by Gasteiger charge is -2.62. The van der Waals surface area contributed by atoms with E-state index in [1.165, 1.54) is 19.3 Å². The Kier molecular flexibility index (Phi) is 5.52. The van der Waals surface area contributed by atoms with Crippen molar-refractivity contribution in [2.75, 3.05) is 13.7 Å². The number of aromatic nitrogens is 4. The Morgan fingerprint density at radius 1 is 1.12 bits per heavy atom. The average molecular weight is 445 g/mol. The van der Waals surface area contributed by atoms with Crippen molar-refractivity contribution in [1.82, 2.24) is 20.2 Å². The molecule has 0 bridgehead atoms. The van der Waals surface area contributed by atoms with E-state index in [9.17, 15) is 9.90 Å². The largest absolute Gasteiger partial charge is 0.390 e. The van der Waals surface area contributed by atoms with E-state index in [1.807, 2.05) is 21.0 Å². The van der Waals surface area contributed by atoms with Gasteiger partial charge in [0.25, 0.3) is 0 Å². The van der Waals surface area contributed by atoms with E-state index in [0.29, 0.717) is 41.8 Å². The number of carbonyl (C=O) groups is 1. The fourth-order valence-corrected chi connectivity index (χ4v) is 8.97. The standard InChI is InChI=1S/C25H40N4O3/c1-16-26-27-28-29(16)14-22(30)21-8-7-19-18-6-5-17-13-23(2,31)11-12-25(17,15-32-4)20(18)9-10-24(19,21)3/h17-21,31H,5-15H2,1-4H3/t17-,18-,19-,20-,21?,23+,24-,25+/m0/s1. The first-order valence-electron chi connectivity index (χ1n) is 12.7. The van der Waals surface area contributed by atoms with Gasteiger partial charge in [0.05, 0.1) is 12.2 Å². The van der Waals surface area contributed by atoms with Crippen molar-refractivity contribution in [2.45, 2.75) is 90.7 Å². The molecule has 0 amide bonds. The predicted octanol–water partition coefficient (Wildman–Crippen LogP) is 3.59. The van der Waals surface area contributed by atoms with Gasteiger partial charge in [0, 0.05) is 13.0 Å². The number of nitrogens with zero attached hydrogens (tertiary/aromatic N) is 4. The highest BCUT2D eigenvalue weighted by Gasteiger charge is 2.63. The summed E-state index contributed by atoms with van der Waals surface area (Å²) in [5, 5.41) is 22.5. The Morgan fingerprint density at radius 3 is 2.66 bits per heavy atom. The van der Waals surface area contributed by atoms with Crippen LogP contribution in [0.5, 0.6) is 0 Å². The van der Waals surface area contributed by atoms with Crippen LogP contribution in [0.1, 0.15) is 77.5 Å². The quantitative estimate of drug-likeness (QED) is 0.746. The van der Waals surface area contributed by atoms with Gasteiger partial charge >= 0.3 is 0 Å². The second-order valence-electron chi connectivity index (χ2n) is 12.0. The van der Waals surface area contributed by atoms with Crippen molar-refractivity contribution in [2.24, 2.45) is 40.4 Å². The average Bonchev–Trinajstić information content (AvgIpc) is 3.30. The van der Waals surface area contributed by atoms with Gasteiger partial charge in [-0.3, -0.25) is 4.79 Å². The molecule has 4 fully saturated rings. The first-order chi connectivity index (χ1) is 15.2. The van der Waals surface area contributed by atoms with Crippen LogP contribution >= 0.6 is 0 Å². The topological polar surface area (TPSA) is 90.1 Å². The van der Waals surface area contributed by atoms with E-state index >= 15 is 0 Å². The van der Waals surface area contributed by atoms with E-state index in [1.54, 1.807) is 4.68 Å². The molecule has 1 N–H and O–H groups in total.